The molecule has 1 aliphatic carbocycles. The van der Waals surface area contributed by atoms with Gasteiger partial charge in [-0.1, -0.05) is 12.1 Å². The molecule has 1 saturated carbocycles. The molecule has 1 fully saturated rings. The first-order valence-electron chi connectivity index (χ1n) is 11.6. The fourth-order valence-corrected chi connectivity index (χ4v) is 6.23. The van der Waals surface area contributed by atoms with Crippen LogP contribution in [0.15, 0.2) is 77.8 Å². The highest BCUT2D eigenvalue weighted by molar-refractivity contribution is 7.90. The largest absolute Gasteiger partial charge is 0.484 e. The molecule has 1 N–H and O–H groups in total. The second-order valence-electron chi connectivity index (χ2n) is 8.97. The Kier molecular flexibility index (Phi) is 6.67. The minimum absolute atomic E-state index is 0.318. The summed E-state index contributed by atoms with van der Waals surface area (Å²) in [4.78, 5) is 0.679. The van der Waals surface area contributed by atoms with Crippen LogP contribution in [0.4, 0.5) is 4.39 Å². The first kappa shape index (κ1) is 24.6. The van der Waals surface area contributed by atoms with E-state index in [4.69, 9.17) is 4.74 Å². The number of benzene rings is 3. The van der Waals surface area contributed by atoms with E-state index >= 15 is 0 Å². The Balaban J connectivity index is 1.45. The van der Waals surface area contributed by atoms with Crippen LogP contribution in [0.2, 0.25) is 0 Å². The number of sulfonamides is 1. The Morgan fingerprint density at radius 1 is 1.08 bits per heavy atom. The highest BCUT2D eigenvalue weighted by Gasteiger charge is 2.38. The minimum atomic E-state index is -3.44. The summed E-state index contributed by atoms with van der Waals surface area (Å²) < 4.78 is 61.3. The van der Waals surface area contributed by atoms with Gasteiger partial charge in [0.2, 0.25) is 10.0 Å². The summed E-state index contributed by atoms with van der Waals surface area (Å²) in [6, 6.07) is 18.2. The van der Waals surface area contributed by atoms with Crippen LogP contribution in [0.25, 0.3) is 16.6 Å². The molecule has 1 unspecified atom stereocenters. The summed E-state index contributed by atoms with van der Waals surface area (Å²) in [6.45, 7) is 1.78. The van der Waals surface area contributed by atoms with Crippen molar-refractivity contribution in [2.24, 2.45) is 0 Å². The van der Waals surface area contributed by atoms with E-state index in [2.05, 4.69) is 9.82 Å². The lowest BCUT2D eigenvalue weighted by Gasteiger charge is -2.26. The Hall–Kier alpha value is -3.08. The van der Waals surface area contributed by atoms with Gasteiger partial charge in [-0.3, -0.25) is 4.21 Å². The Bertz CT molecular complexity index is 1520. The molecule has 3 aromatic carbocycles. The minimum Gasteiger partial charge on any atom is -0.484 e. The molecule has 10 heteroatoms. The molecule has 1 aliphatic rings. The first-order valence-corrected chi connectivity index (χ1v) is 14.7. The zero-order valence-electron chi connectivity index (χ0n) is 19.8. The van der Waals surface area contributed by atoms with Crippen molar-refractivity contribution in [3.8, 4) is 11.4 Å². The van der Waals surface area contributed by atoms with E-state index in [-0.39, 0.29) is 11.1 Å². The quantitative estimate of drug-likeness (QED) is 0.346. The number of nitrogens with zero attached hydrogens (tertiary/aromatic N) is 2. The second-order valence-corrected chi connectivity index (χ2v) is 12.3. The molecule has 7 nitrogen and oxygen atoms in total. The summed E-state index contributed by atoms with van der Waals surface area (Å²) in [6.07, 6.45) is 4.02. The van der Waals surface area contributed by atoms with Gasteiger partial charge >= 0.3 is 0 Å². The number of fused-ring (bicyclic) bond motifs is 1. The fourth-order valence-electron chi connectivity index (χ4n) is 4.12. The summed E-state index contributed by atoms with van der Waals surface area (Å²) in [5.41, 5.74) is 2.31. The first-order chi connectivity index (χ1) is 17.2. The summed E-state index contributed by atoms with van der Waals surface area (Å²) in [5.74, 6) is 0.230. The van der Waals surface area contributed by atoms with Crippen LogP contribution >= 0.6 is 0 Å². The molecule has 0 bridgehead atoms. The Morgan fingerprint density at radius 3 is 2.42 bits per heavy atom. The molecule has 188 valence electrons. The van der Waals surface area contributed by atoms with Gasteiger partial charge < -0.3 is 4.74 Å². The molecule has 1 aromatic heterocycles. The van der Waals surface area contributed by atoms with Crippen LogP contribution < -0.4 is 9.46 Å². The van der Waals surface area contributed by atoms with Crippen molar-refractivity contribution in [3.05, 3.63) is 84.3 Å². The van der Waals surface area contributed by atoms with Crippen molar-refractivity contribution < 1.29 is 21.8 Å². The second kappa shape index (κ2) is 9.76. The molecule has 4 aromatic rings. The van der Waals surface area contributed by atoms with Gasteiger partial charge in [-0.25, -0.2) is 22.2 Å². The zero-order valence-corrected chi connectivity index (χ0v) is 21.4. The van der Waals surface area contributed by atoms with Crippen molar-refractivity contribution in [1.29, 1.82) is 0 Å². The van der Waals surface area contributed by atoms with Crippen LogP contribution in [-0.2, 0) is 20.8 Å². The van der Waals surface area contributed by atoms with Crippen molar-refractivity contribution >= 4 is 31.7 Å². The molecule has 0 amide bonds. The maximum atomic E-state index is 13.3. The lowest BCUT2D eigenvalue weighted by molar-refractivity contribution is 0.173. The third-order valence-electron chi connectivity index (χ3n) is 6.18. The summed E-state index contributed by atoms with van der Waals surface area (Å²) in [7, 11) is -4.56. The number of rotatable bonds is 9. The van der Waals surface area contributed by atoms with Crippen LogP contribution in [0.1, 0.15) is 31.4 Å². The summed E-state index contributed by atoms with van der Waals surface area (Å²) >= 11 is 0. The molecule has 3 atom stereocenters. The number of hydrogen-bond acceptors (Lipinski definition) is 5. The van der Waals surface area contributed by atoms with Crippen molar-refractivity contribution in [2.75, 3.05) is 6.26 Å². The molecule has 1 heterocycles. The smallest absolute Gasteiger partial charge is 0.214 e. The van der Waals surface area contributed by atoms with E-state index in [0.29, 0.717) is 23.5 Å². The standard InChI is InChI=1S/C26H26FN3O4S2/c1-17(29-36(32,33)24-12-13-24)26(18-3-10-23(11-4-18)35(2)31)34-22-9-14-25-19(15-22)16-28-30(25)21-7-5-20(27)6-8-21/h3-11,14-17,24,26,29H,12-13H2,1-2H3/t17-,26-,35?/m0/s1. The SMILES string of the molecule is C[C@H](NS(=O)(=O)C1CC1)[C@H](Oc1ccc2c(cnn2-c2ccc(F)cc2)c1)c1ccc(S(C)=O)cc1. The predicted octanol–water partition coefficient (Wildman–Crippen LogP) is 4.49. The van der Waals surface area contributed by atoms with E-state index in [1.54, 1.807) is 54.4 Å². The van der Waals surface area contributed by atoms with E-state index in [1.807, 2.05) is 24.3 Å². The van der Waals surface area contributed by atoms with Crippen LogP contribution in [-0.4, -0.2) is 40.0 Å². The molecular weight excluding hydrogens is 501 g/mol. The monoisotopic (exact) mass is 527 g/mol. The van der Waals surface area contributed by atoms with Crippen LogP contribution in [0, 0.1) is 5.82 Å². The molecule has 0 saturated heterocycles. The van der Waals surface area contributed by atoms with Gasteiger partial charge in [0.15, 0.2) is 0 Å². The zero-order chi connectivity index (χ0) is 25.4. The maximum Gasteiger partial charge on any atom is 0.214 e. The Morgan fingerprint density at radius 2 is 1.78 bits per heavy atom. The van der Waals surface area contributed by atoms with Gasteiger partial charge in [0.25, 0.3) is 0 Å². The van der Waals surface area contributed by atoms with Gasteiger partial charge in [-0.2, -0.15) is 5.10 Å². The maximum absolute atomic E-state index is 13.3. The van der Waals surface area contributed by atoms with E-state index in [9.17, 15) is 17.0 Å². The average Bonchev–Trinajstić information content (AvgIpc) is 3.64. The third-order valence-corrected chi connectivity index (χ3v) is 9.17. The van der Waals surface area contributed by atoms with E-state index in [0.717, 1.165) is 22.2 Å². The highest BCUT2D eigenvalue weighted by atomic mass is 32.2. The molecule has 0 radical (unpaired) electrons. The number of aromatic nitrogens is 2. The number of hydrogen-bond donors (Lipinski definition) is 1. The van der Waals surface area contributed by atoms with E-state index < -0.39 is 33.0 Å². The molecule has 36 heavy (non-hydrogen) atoms. The topological polar surface area (TPSA) is 90.3 Å². The van der Waals surface area contributed by atoms with Gasteiger partial charge in [0.1, 0.15) is 17.7 Å². The lowest BCUT2D eigenvalue weighted by atomic mass is 10.0. The third kappa shape index (κ3) is 5.21. The fraction of sp³-hybridized carbons (Fsp3) is 0.269. The van der Waals surface area contributed by atoms with Gasteiger partial charge in [-0.05, 0) is 79.9 Å². The molecule has 5 rings (SSSR count). The van der Waals surface area contributed by atoms with Crippen molar-refractivity contribution in [2.45, 2.75) is 42.1 Å². The van der Waals surface area contributed by atoms with E-state index in [1.165, 1.54) is 12.1 Å². The highest BCUT2D eigenvalue weighted by Crippen LogP contribution is 2.32. The predicted molar refractivity (Wildman–Crippen MR) is 138 cm³/mol. The number of ether oxygens (including phenoxy) is 1. The Labute approximate surface area is 211 Å². The molecular formula is C26H26FN3O4S2. The average molecular weight is 528 g/mol. The molecule has 0 aliphatic heterocycles. The van der Waals surface area contributed by atoms with Crippen molar-refractivity contribution in [1.82, 2.24) is 14.5 Å². The van der Waals surface area contributed by atoms with Crippen molar-refractivity contribution in [3.63, 3.8) is 0 Å². The lowest BCUT2D eigenvalue weighted by Crippen LogP contribution is -2.40. The van der Waals surface area contributed by atoms with Gasteiger partial charge in [0, 0.05) is 27.3 Å². The van der Waals surface area contributed by atoms with Gasteiger partial charge in [-0.15, -0.1) is 0 Å². The molecule has 0 spiro atoms. The normalized spacial score (nSPS) is 16.5. The van der Waals surface area contributed by atoms with Gasteiger partial charge in [0.05, 0.1) is 28.7 Å². The van der Waals surface area contributed by atoms with Crippen LogP contribution in [0.5, 0.6) is 5.75 Å². The number of nitrogens with one attached hydrogen (secondary N) is 1. The van der Waals surface area contributed by atoms with Crippen LogP contribution in [0.3, 0.4) is 0 Å². The summed E-state index contributed by atoms with van der Waals surface area (Å²) in [5, 5.41) is 4.90. The number of halogens is 1.